The Morgan fingerprint density at radius 2 is 1.67 bits per heavy atom. The van der Waals surface area contributed by atoms with Crippen LogP contribution in [-0.4, -0.2) is 30.1 Å². The maximum absolute atomic E-state index is 13.1. The highest BCUT2D eigenvalue weighted by Gasteiger charge is 2.38. The Balaban J connectivity index is 1.79. The number of hydrogen-bond donors (Lipinski definition) is 1. The van der Waals surface area contributed by atoms with Crippen molar-refractivity contribution >= 4 is 10.0 Å². The molecule has 5 nitrogen and oxygen atoms in total. The molecule has 0 unspecified atom stereocenters. The quantitative estimate of drug-likeness (QED) is 0.472. The van der Waals surface area contributed by atoms with E-state index in [1.807, 2.05) is 12.1 Å². The van der Waals surface area contributed by atoms with Gasteiger partial charge in [-0.25, -0.2) is 17.5 Å². The SMILES string of the molecule is Cn1nc(CCc2ccc(F)cc2)cc1-c1cccc(C(C)(C)NS(=O)(=O)CC(F)(F)F)c1. The molecular weight excluding hydrogens is 458 g/mol. The van der Waals surface area contributed by atoms with Crippen molar-refractivity contribution in [2.45, 2.75) is 38.4 Å². The van der Waals surface area contributed by atoms with Gasteiger partial charge in [-0.2, -0.15) is 18.3 Å². The number of aryl methyl sites for hydroxylation is 3. The molecule has 1 N–H and O–H groups in total. The van der Waals surface area contributed by atoms with Crippen LogP contribution in [0.25, 0.3) is 11.3 Å². The summed E-state index contributed by atoms with van der Waals surface area (Å²) in [5.74, 6) is -2.23. The smallest absolute Gasteiger partial charge is 0.268 e. The molecular formula is C23H25F4N3O2S. The zero-order chi connectivity index (χ0) is 24.4. The van der Waals surface area contributed by atoms with E-state index in [2.05, 4.69) is 9.82 Å². The van der Waals surface area contributed by atoms with Crippen molar-refractivity contribution < 1.29 is 26.0 Å². The van der Waals surface area contributed by atoms with E-state index >= 15 is 0 Å². The molecule has 0 aliphatic heterocycles. The van der Waals surface area contributed by atoms with Gasteiger partial charge < -0.3 is 0 Å². The number of rotatable bonds is 8. The average molecular weight is 484 g/mol. The summed E-state index contributed by atoms with van der Waals surface area (Å²) >= 11 is 0. The van der Waals surface area contributed by atoms with Crippen molar-refractivity contribution in [2.75, 3.05) is 5.75 Å². The highest BCUT2D eigenvalue weighted by Crippen LogP contribution is 2.28. The molecule has 0 aliphatic rings. The third-order valence-corrected chi connectivity index (χ3v) is 6.69. The van der Waals surface area contributed by atoms with Gasteiger partial charge in [-0.05, 0) is 62.1 Å². The van der Waals surface area contributed by atoms with E-state index in [0.717, 1.165) is 22.5 Å². The molecule has 3 rings (SSSR count). The van der Waals surface area contributed by atoms with Gasteiger partial charge in [0, 0.05) is 12.6 Å². The molecule has 0 atom stereocenters. The summed E-state index contributed by atoms with van der Waals surface area (Å²) < 4.78 is 78.7. The van der Waals surface area contributed by atoms with Gasteiger partial charge in [0.05, 0.1) is 16.9 Å². The second kappa shape index (κ2) is 9.26. The molecule has 1 heterocycles. The van der Waals surface area contributed by atoms with Crippen molar-refractivity contribution in [3.63, 3.8) is 0 Å². The number of hydrogen-bond acceptors (Lipinski definition) is 3. The number of sulfonamides is 1. The second-order valence-electron chi connectivity index (χ2n) is 8.45. The fourth-order valence-electron chi connectivity index (χ4n) is 3.61. The Hall–Kier alpha value is -2.72. The molecule has 3 aromatic rings. The molecule has 1 aromatic heterocycles. The fourth-order valence-corrected chi connectivity index (χ4v) is 5.01. The lowest BCUT2D eigenvalue weighted by atomic mass is 9.93. The van der Waals surface area contributed by atoms with Crippen molar-refractivity contribution in [3.05, 3.63) is 77.2 Å². The number of nitrogens with one attached hydrogen (secondary N) is 1. The van der Waals surface area contributed by atoms with E-state index in [1.165, 1.54) is 26.0 Å². The van der Waals surface area contributed by atoms with E-state index in [-0.39, 0.29) is 5.82 Å². The van der Waals surface area contributed by atoms with Crippen LogP contribution in [0.4, 0.5) is 17.6 Å². The molecule has 0 aliphatic carbocycles. The van der Waals surface area contributed by atoms with Gasteiger partial charge in [-0.15, -0.1) is 0 Å². The first-order valence-electron chi connectivity index (χ1n) is 10.2. The minimum Gasteiger partial charge on any atom is -0.268 e. The Kier molecular flexibility index (Phi) is 6.99. The maximum Gasteiger partial charge on any atom is 0.404 e. The molecule has 33 heavy (non-hydrogen) atoms. The molecule has 0 radical (unpaired) electrons. The standard InChI is InChI=1S/C23H25F4N3O2S/c1-22(2,29-33(31,32)15-23(25,26)27)18-6-4-5-17(13-18)21-14-20(28-30(21)3)12-9-16-7-10-19(24)11-8-16/h4-8,10-11,13-14,29H,9,12,15H2,1-3H3. The lowest BCUT2D eigenvalue weighted by Crippen LogP contribution is -2.44. The summed E-state index contributed by atoms with van der Waals surface area (Å²) in [4.78, 5) is 0. The number of benzene rings is 2. The largest absolute Gasteiger partial charge is 0.404 e. The van der Waals surface area contributed by atoms with Crippen LogP contribution in [0.15, 0.2) is 54.6 Å². The van der Waals surface area contributed by atoms with Gasteiger partial charge in [-0.1, -0.05) is 30.3 Å². The van der Waals surface area contributed by atoms with Crippen LogP contribution in [0.2, 0.25) is 0 Å². The molecule has 0 bridgehead atoms. The number of nitrogens with zero attached hydrogens (tertiary/aromatic N) is 2. The number of halogens is 4. The predicted octanol–water partition coefficient (Wildman–Crippen LogP) is 4.73. The summed E-state index contributed by atoms with van der Waals surface area (Å²) in [7, 11) is -2.80. The zero-order valence-corrected chi connectivity index (χ0v) is 19.3. The summed E-state index contributed by atoms with van der Waals surface area (Å²) in [5.41, 5.74) is 2.59. The van der Waals surface area contributed by atoms with Crippen LogP contribution in [0, 0.1) is 5.82 Å². The van der Waals surface area contributed by atoms with Gasteiger partial charge in [0.15, 0.2) is 5.75 Å². The van der Waals surface area contributed by atoms with Gasteiger partial charge >= 0.3 is 6.18 Å². The number of alkyl halides is 3. The van der Waals surface area contributed by atoms with Crippen molar-refractivity contribution in [2.24, 2.45) is 7.05 Å². The Labute approximate surface area is 190 Å². The molecule has 0 fully saturated rings. The molecule has 178 valence electrons. The monoisotopic (exact) mass is 483 g/mol. The highest BCUT2D eigenvalue weighted by atomic mass is 32.2. The first kappa shape index (κ1) is 24.9. The third kappa shape index (κ3) is 6.88. The minimum absolute atomic E-state index is 0.289. The fraction of sp³-hybridized carbons (Fsp3) is 0.348. The Bertz CT molecular complexity index is 1220. The van der Waals surface area contributed by atoms with Gasteiger partial charge in [0.2, 0.25) is 10.0 Å². The summed E-state index contributed by atoms with van der Waals surface area (Å²) in [6, 6.07) is 15.1. The molecule has 0 saturated heterocycles. The molecule has 2 aromatic carbocycles. The highest BCUT2D eigenvalue weighted by molar-refractivity contribution is 7.89. The third-order valence-electron chi connectivity index (χ3n) is 5.16. The summed E-state index contributed by atoms with van der Waals surface area (Å²) in [6.07, 6.45) is -3.50. The van der Waals surface area contributed by atoms with Crippen LogP contribution in [0.3, 0.4) is 0 Å². The van der Waals surface area contributed by atoms with E-state index in [1.54, 1.807) is 42.1 Å². The van der Waals surface area contributed by atoms with Crippen LogP contribution < -0.4 is 4.72 Å². The van der Waals surface area contributed by atoms with Gasteiger partial charge in [0.1, 0.15) is 5.82 Å². The first-order valence-corrected chi connectivity index (χ1v) is 11.9. The first-order chi connectivity index (χ1) is 15.2. The summed E-state index contributed by atoms with van der Waals surface area (Å²) in [5, 5.41) is 4.52. The topological polar surface area (TPSA) is 64.0 Å². The molecule has 0 spiro atoms. The predicted molar refractivity (Wildman–Crippen MR) is 118 cm³/mol. The van der Waals surface area contributed by atoms with Crippen LogP contribution in [0.5, 0.6) is 0 Å². The normalized spacial score (nSPS) is 12.8. The van der Waals surface area contributed by atoms with Crippen molar-refractivity contribution in [1.82, 2.24) is 14.5 Å². The van der Waals surface area contributed by atoms with Gasteiger partial charge in [-0.3, -0.25) is 4.68 Å². The minimum atomic E-state index is -4.83. The molecule has 10 heteroatoms. The van der Waals surface area contributed by atoms with E-state index < -0.39 is 27.5 Å². The van der Waals surface area contributed by atoms with Crippen molar-refractivity contribution in [3.8, 4) is 11.3 Å². The molecule has 0 amide bonds. The maximum atomic E-state index is 13.1. The zero-order valence-electron chi connectivity index (χ0n) is 18.4. The van der Waals surface area contributed by atoms with Crippen LogP contribution in [-0.2, 0) is 35.5 Å². The molecule has 0 saturated carbocycles. The van der Waals surface area contributed by atoms with E-state index in [4.69, 9.17) is 0 Å². The number of aromatic nitrogens is 2. The van der Waals surface area contributed by atoms with E-state index in [9.17, 15) is 26.0 Å². The lowest BCUT2D eigenvalue weighted by Gasteiger charge is -2.27. The Morgan fingerprint density at radius 1 is 1.00 bits per heavy atom. The van der Waals surface area contributed by atoms with Gasteiger partial charge in [0.25, 0.3) is 0 Å². The van der Waals surface area contributed by atoms with Crippen LogP contribution >= 0.6 is 0 Å². The Morgan fingerprint density at radius 3 is 2.30 bits per heavy atom. The summed E-state index contributed by atoms with van der Waals surface area (Å²) in [6.45, 7) is 3.02. The lowest BCUT2D eigenvalue weighted by molar-refractivity contribution is -0.106. The van der Waals surface area contributed by atoms with Crippen molar-refractivity contribution in [1.29, 1.82) is 0 Å². The second-order valence-corrected chi connectivity index (χ2v) is 10.2. The van der Waals surface area contributed by atoms with E-state index in [0.29, 0.717) is 18.4 Å². The average Bonchev–Trinajstić information content (AvgIpc) is 3.05. The van der Waals surface area contributed by atoms with Crippen LogP contribution in [0.1, 0.15) is 30.7 Å².